The molecule has 0 spiro atoms. The molecule has 28 heavy (non-hydrogen) atoms. The van der Waals surface area contributed by atoms with Crippen molar-refractivity contribution in [3.05, 3.63) is 65.7 Å². The molecule has 2 rings (SSSR count). The summed E-state index contributed by atoms with van der Waals surface area (Å²) in [7, 11) is 1.59. The maximum Gasteiger partial charge on any atom is 0.247 e. The number of benzene rings is 2. The fourth-order valence-electron chi connectivity index (χ4n) is 2.54. The molecule has 0 saturated carbocycles. The number of nitriles is 1. The SMILES string of the molecule is COc1cc(C=CC(=O)N(CC#N)Cc2ccccc2)ccc1OCC(C)C. The van der Waals surface area contributed by atoms with Crippen LogP contribution in [0.25, 0.3) is 6.08 Å². The van der Waals surface area contributed by atoms with Gasteiger partial charge < -0.3 is 14.4 Å². The Morgan fingerprint density at radius 3 is 2.57 bits per heavy atom. The lowest BCUT2D eigenvalue weighted by Gasteiger charge is -2.17. The molecule has 5 heteroatoms. The second kappa shape index (κ2) is 10.8. The molecule has 146 valence electrons. The lowest BCUT2D eigenvalue weighted by molar-refractivity contribution is -0.125. The van der Waals surface area contributed by atoms with E-state index in [1.54, 1.807) is 13.2 Å². The zero-order valence-electron chi connectivity index (χ0n) is 16.6. The molecular formula is C23H26N2O3. The second-order valence-electron chi connectivity index (χ2n) is 6.79. The summed E-state index contributed by atoms with van der Waals surface area (Å²) in [4.78, 5) is 14.0. The van der Waals surface area contributed by atoms with E-state index in [-0.39, 0.29) is 12.5 Å². The molecule has 0 atom stereocenters. The number of ether oxygens (including phenoxy) is 2. The Morgan fingerprint density at radius 1 is 1.18 bits per heavy atom. The number of carbonyl (C=O) groups is 1. The quantitative estimate of drug-likeness (QED) is 0.482. The van der Waals surface area contributed by atoms with E-state index < -0.39 is 0 Å². The Kier molecular flexibility index (Phi) is 8.11. The summed E-state index contributed by atoms with van der Waals surface area (Å²) >= 11 is 0. The number of amides is 1. The van der Waals surface area contributed by atoms with Crippen LogP contribution in [0.4, 0.5) is 0 Å². The first-order valence-corrected chi connectivity index (χ1v) is 9.22. The molecule has 5 nitrogen and oxygen atoms in total. The highest BCUT2D eigenvalue weighted by Gasteiger charge is 2.11. The third kappa shape index (κ3) is 6.48. The van der Waals surface area contributed by atoms with Crippen LogP contribution in [0.2, 0.25) is 0 Å². The Hall–Kier alpha value is -3.26. The zero-order valence-corrected chi connectivity index (χ0v) is 16.6. The van der Waals surface area contributed by atoms with Gasteiger partial charge in [-0.15, -0.1) is 0 Å². The molecule has 0 aromatic heterocycles. The van der Waals surface area contributed by atoms with Crippen LogP contribution < -0.4 is 9.47 Å². The number of rotatable bonds is 9. The Balaban J connectivity index is 2.09. The van der Waals surface area contributed by atoms with Crippen molar-refractivity contribution in [2.45, 2.75) is 20.4 Å². The maximum absolute atomic E-state index is 12.5. The van der Waals surface area contributed by atoms with E-state index in [2.05, 4.69) is 19.9 Å². The standard InChI is InChI=1S/C23H26N2O3/c1-18(2)17-28-21-11-9-19(15-22(21)27-3)10-12-23(26)25(14-13-24)16-20-7-5-4-6-8-20/h4-12,15,18H,14,16-17H2,1-3H3. The Bertz CT molecular complexity index is 839. The highest BCUT2D eigenvalue weighted by atomic mass is 16.5. The van der Waals surface area contributed by atoms with Crippen LogP contribution in [0.5, 0.6) is 11.5 Å². The average molecular weight is 378 g/mol. The van der Waals surface area contributed by atoms with Crippen molar-refractivity contribution in [2.24, 2.45) is 5.92 Å². The lowest BCUT2D eigenvalue weighted by atomic mass is 10.1. The fraction of sp³-hybridized carbons (Fsp3) is 0.304. The summed E-state index contributed by atoms with van der Waals surface area (Å²) in [5, 5.41) is 9.04. The molecule has 0 aliphatic rings. The normalized spacial score (nSPS) is 10.7. The summed E-state index contributed by atoms with van der Waals surface area (Å²) in [6.45, 7) is 5.19. The predicted molar refractivity (Wildman–Crippen MR) is 110 cm³/mol. The third-order valence-electron chi connectivity index (χ3n) is 3.97. The topological polar surface area (TPSA) is 62.6 Å². The predicted octanol–water partition coefficient (Wildman–Crippen LogP) is 4.30. The van der Waals surface area contributed by atoms with E-state index in [1.165, 1.54) is 11.0 Å². The van der Waals surface area contributed by atoms with E-state index in [0.29, 0.717) is 30.6 Å². The van der Waals surface area contributed by atoms with Gasteiger partial charge in [-0.3, -0.25) is 4.79 Å². The van der Waals surface area contributed by atoms with Gasteiger partial charge in [0.1, 0.15) is 6.54 Å². The summed E-state index contributed by atoms with van der Waals surface area (Å²) in [5.41, 5.74) is 1.80. The minimum Gasteiger partial charge on any atom is -0.493 e. The molecule has 2 aromatic rings. The molecule has 0 aliphatic carbocycles. The molecule has 2 aromatic carbocycles. The minimum atomic E-state index is -0.218. The van der Waals surface area contributed by atoms with Gasteiger partial charge >= 0.3 is 0 Å². The fourth-order valence-corrected chi connectivity index (χ4v) is 2.54. The van der Waals surface area contributed by atoms with E-state index in [9.17, 15) is 4.79 Å². The van der Waals surface area contributed by atoms with Crippen molar-refractivity contribution in [3.8, 4) is 17.6 Å². The molecule has 1 amide bonds. The molecule has 0 N–H and O–H groups in total. The smallest absolute Gasteiger partial charge is 0.247 e. The van der Waals surface area contributed by atoms with Crippen molar-refractivity contribution < 1.29 is 14.3 Å². The Labute approximate surface area is 166 Å². The number of hydrogen-bond acceptors (Lipinski definition) is 4. The summed E-state index contributed by atoms with van der Waals surface area (Å²) in [6.07, 6.45) is 3.19. The molecular weight excluding hydrogens is 352 g/mol. The van der Waals surface area contributed by atoms with Gasteiger partial charge in [0, 0.05) is 12.6 Å². The molecule has 0 fully saturated rings. The Morgan fingerprint density at radius 2 is 1.93 bits per heavy atom. The maximum atomic E-state index is 12.5. The van der Waals surface area contributed by atoms with Crippen LogP contribution in [0.3, 0.4) is 0 Å². The molecule has 0 unspecified atom stereocenters. The highest BCUT2D eigenvalue weighted by molar-refractivity contribution is 5.92. The van der Waals surface area contributed by atoms with Gasteiger partial charge in [-0.2, -0.15) is 5.26 Å². The van der Waals surface area contributed by atoms with Gasteiger partial charge in [0.25, 0.3) is 0 Å². The summed E-state index contributed by atoms with van der Waals surface area (Å²) in [6, 6.07) is 17.2. The van der Waals surface area contributed by atoms with E-state index in [4.69, 9.17) is 14.7 Å². The van der Waals surface area contributed by atoms with E-state index in [0.717, 1.165) is 11.1 Å². The van der Waals surface area contributed by atoms with Crippen molar-refractivity contribution in [1.82, 2.24) is 4.90 Å². The molecule has 0 radical (unpaired) electrons. The van der Waals surface area contributed by atoms with Gasteiger partial charge in [-0.25, -0.2) is 0 Å². The first-order valence-electron chi connectivity index (χ1n) is 9.22. The van der Waals surface area contributed by atoms with Crippen LogP contribution in [0.15, 0.2) is 54.6 Å². The highest BCUT2D eigenvalue weighted by Crippen LogP contribution is 2.29. The van der Waals surface area contributed by atoms with E-state index >= 15 is 0 Å². The van der Waals surface area contributed by atoms with Crippen molar-refractivity contribution in [2.75, 3.05) is 20.3 Å². The van der Waals surface area contributed by atoms with E-state index in [1.807, 2.05) is 48.5 Å². The van der Waals surface area contributed by atoms with Crippen LogP contribution >= 0.6 is 0 Å². The third-order valence-corrected chi connectivity index (χ3v) is 3.97. The average Bonchev–Trinajstić information content (AvgIpc) is 2.71. The first kappa shape index (κ1) is 21.0. The molecule has 0 heterocycles. The van der Waals surface area contributed by atoms with Crippen LogP contribution in [0, 0.1) is 17.2 Å². The van der Waals surface area contributed by atoms with Gasteiger partial charge in [-0.1, -0.05) is 50.2 Å². The van der Waals surface area contributed by atoms with Gasteiger partial charge in [-0.05, 0) is 35.3 Å². The number of carbonyl (C=O) groups excluding carboxylic acids is 1. The van der Waals surface area contributed by atoms with Crippen LogP contribution in [-0.4, -0.2) is 31.1 Å². The largest absolute Gasteiger partial charge is 0.493 e. The summed E-state index contributed by atoms with van der Waals surface area (Å²) in [5.74, 6) is 1.49. The van der Waals surface area contributed by atoms with Crippen molar-refractivity contribution >= 4 is 12.0 Å². The lowest BCUT2D eigenvalue weighted by Crippen LogP contribution is -2.29. The minimum absolute atomic E-state index is 0.0311. The molecule has 0 saturated heterocycles. The van der Waals surface area contributed by atoms with Gasteiger partial charge in [0.15, 0.2) is 11.5 Å². The molecule has 0 bridgehead atoms. The number of hydrogen-bond donors (Lipinski definition) is 0. The van der Waals surface area contributed by atoms with Crippen molar-refractivity contribution in [3.63, 3.8) is 0 Å². The van der Waals surface area contributed by atoms with Crippen LogP contribution in [0.1, 0.15) is 25.0 Å². The zero-order chi connectivity index (χ0) is 20.4. The first-order chi connectivity index (χ1) is 13.5. The van der Waals surface area contributed by atoms with Gasteiger partial charge in [0.05, 0.1) is 19.8 Å². The van der Waals surface area contributed by atoms with Crippen molar-refractivity contribution in [1.29, 1.82) is 5.26 Å². The van der Waals surface area contributed by atoms with Crippen LogP contribution in [-0.2, 0) is 11.3 Å². The van der Waals surface area contributed by atoms with Gasteiger partial charge in [0.2, 0.25) is 5.91 Å². The monoisotopic (exact) mass is 378 g/mol. The number of methoxy groups -OCH3 is 1. The molecule has 0 aliphatic heterocycles. The summed E-state index contributed by atoms with van der Waals surface area (Å²) < 4.78 is 11.1. The second-order valence-corrected chi connectivity index (χ2v) is 6.79. The number of nitrogens with zero attached hydrogens (tertiary/aromatic N) is 2.